The first-order valence-electron chi connectivity index (χ1n) is 12.9. The predicted molar refractivity (Wildman–Crippen MR) is 136 cm³/mol. The van der Waals surface area contributed by atoms with E-state index in [1.54, 1.807) is 11.9 Å². The molecule has 2 amide bonds. The first-order chi connectivity index (χ1) is 16.8. The van der Waals surface area contributed by atoms with E-state index in [9.17, 15) is 14.7 Å². The largest absolute Gasteiger partial charge is 0.394 e. The Hall–Kier alpha value is -2.68. The molecule has 3 N–H and O–H groups in total. The van der Waals surface area contributed by atoms with Crippen LogP contribution in [0, 0.1) is 11.3 Å². The molecule has 0 unspecified atom stereocenters. The fourth-order valence-corrected chi connectivity index (χ4v) is 5.95. The van der Waals surface area contributed by atoms with Gasteiger partial charge in [-0.2, -0.15) is 4.98 Å². The lowest BCUT2D eigenvalue weighted by molar-refractivity contribution is -0.136. The van der Waals surface area contributed by atoms with Crippen molar-refractivity contribution in [1.82, 2.24) is 20.2 Å². The Balaban J connectivity index is 1.61. The molecule has 1 aliphatic carbocycles. The Bertz CT molecular complexity index is 959. The third kappa shape index (κ3) is 5.44. The van der Waals surface area contributed by atoms with Crippen LogP contribution in [-0.4, -0.2) is 77.2 Å². The number of rotatable bonds is 9. The average molecular weight is 485 g/mol. The van der Waals surface area contributed by atoms with E-state index in [4.69, 9.17) is 9.97 Å². The number of carbonyl (C=O) groups is 2. The summed E-state index contributed by atoms with van der Waals surface area (Å²) in [5.41, 5.74) is 2.19. The van der Waals surface area contributed by atoms with Gasteiger partial charge in [0.25, 0.3) is 0 Å². The number of aliphatic hydroxyl groups excluding tert-OH is 1. The van der Waals surface area contributed by atoms with Crippen LogP contribution in [0.1, 0.15) is 57.2 Å². The van der Waals surface area contributed by atoms with E-state index in [1.807, 2.05) is 0 Å². The van der Waals surface area contributed by atoms with Crippen molar-refractivity contribution in [3.63, 3.8) is 0 Å². The van der Waals surface area contributed by atoms with Crippen molar-refractivity contribution in [2.75, 3.05) is 43.5 Å². The normalized spacial score (nSPS) is 21.5. The quantitative estimate of drug-likeness (QED) is 0.459. The van der Waals surface area contributed by atoms with Crippen LogP contribution in [0.25, 0.3) is 0 Å². The van der Waals surface area contributed by atoms with Gasteiger partial charge in [0.05, 0.1) is 18.3 Å². The SMILES string of the molecule is C=CC(=O)N1CC2(C[C@@H](CO)N(c3nc4c(c(N[C@H](CC(=O)NC)CC(C)C)n3)CCCC4)C2)C1. The van der Waals surface area contributed by atoms with Crippen LogP contribution in [0.3, 0.4) is 0 Å². The van der Waals surface area contributed by atoms with Gasteiger partial charge in [-0.15, -0.1) is 0 Å². The van der Waals surface area contributed by atoms with Crippen molar-refractivity contribution >= 4 is 23.6 Å². The third-order valence-electron chi connectivity index (χ3n) is 7.60. The van der Waals surface area contributed by atoms with E-state index in [1.165, 1.54) is 6.08 Å². The molecule has 1 aromatic rings. The Morgan fingerprint density at radius 1 is 1.23 bits per heavy atom. The average Bonchev–Trinajstić information content (AvgIpc) is 3.22. The number of amides is 2. The maximum Gasteiger partial charge on any atom is 0.245 e. The standard InChI is InChI=1S/C26H40N6O3/c1-5-23(35)31-14-26(15-31)12-19(13-33)32(16-26)25-29-21-9-7-6-8-20(21)24(30-25)28-18(10-17(2)3)11-22(34)27-4/h5,17-19,33H,1,6-16H2,2-4H3,(H,27,34)(H,28,29,30)/t18-,19-/m0/s1. The number of carbonyl (C=O) groups excluding carboxylic acids is 2. The summed E-state index contributed by atoms with van der Waals surface area (Å²) in [5.74, 6) is 1.87. The highest BCUT2D eigenvalue weighted by Gasteiger charge is 2.53. The van der Waals surface area contributed by atoms with Gasteiger partial charge in [-0.25, -0.2) is 4.98 Å². The molecule has 9 nitrogen and oxygen atoms in total. The van der Waals surface area contributed by atoms with Gasteiger partial charge >= 0.3 is 0 Å². The Morgan fingerprint density at radius 3 is 2.63 bits per heavy atom. The van der Waals surface area contributed by atoms with Crippen molar-refractivity contribution in [3.05, 3.63) is 23.9 Å². The van der Waals surface area contributed by atoms with Gasteiger partial charge in [0.1, 0.15) is 5.82 Å². The summed E-state index contributed by atoms with van der Waals surface area (Å²) < 4.78 is 0. The maximum atomic E-state index is 12.2. The number of anilines is 2. The van der Waals surface area contributed by atoms with Gasteiger partial charge in [0.2, 0.25) is 17.8 Å². The number of aliphatic hydroxyl groups is 1. The molecule has 0 radical (unpaired) electrons. The number of hydrogen-bond acceptors (Lipinski definition) is 7. The minimum Gasteiger partial charge on any atom is -0.394 e. The summed E-state index contributed by atoms with van der Waals surface area (Å²) in [6.07, 6.45) is 7.46. The topological polar surface area (TPSA) is 111 Å². The molecule has 192 valence electrons. The molecule has 2 saturated heterocycles. The summed E-state index contributed by atoms with van der Waals surface area (Å²) in [5, 5.41) is 16.6. The third-order valence-corrected chi connectivity index (χ3v) is 7.60. The molecule has 4 rings (SSSR count). The zero-order chi connectivity index (χ0) is 25.2. The zero-order valence-electron chi connectivity index (χ0n) is 21.3. The van der Waals surface area contributed by atoms with Crippen molar-refractivity contribution in [1.29, 1.82) is 0 Å². The second-order valence-electron chi connectivity index (χ2n) is 10.9. The Kier molecular flexibility index (Phi) is 7.64. The van der Waals surface area contributed by atoms with Crippen LogP contribution in [0.15, 0.2) is 12.7 Å². The molecule has 2 aliphatic heterocycles. The number of nitrogens with one attached hydrogen (secondary N) is 2. The van der Waals surface area contributed by atoms with Gasteiger partial charge in [-0.3, -0.25) is 9.59 Å². The zero-order valence-corrected chi connectivity index (χ0v) is 21.3. The number of hydrogen-bond donors (Lipinski definition) is 3. The van der Waals surface area contributed by atoms with Crippen LogP contribution in [0.2, 0.25) is 0 Å². The second kappa shape index (κ2) is 10.5. The minimum absolute atomic E-state index is 0.0109. The summed E-state index contributed by atoms with van der Waals surface area (Å²) in [6, 6.07) is -0.102. The molecule has 0 aromatic carbocycles. The molecule has 9 heteroatoms. The van der Waals surface area contributed by atoms with E-state index >= 15 is 0 Å². The van der Waals surface area contributed by atoms with Gasteiger partial charge in [0, 0.05) is 50.1 Å². The van der Waals surface area contributed by atoms with Gasteiger partial charge in [-0.05, 0) is 50.5 Å². The number of aromatic nitrogens is 2. The Labute approximate surface area is 208 Å². The second-order valence-corrected chi connectivity index (χ2v) is 10.9. The first kappa shape index (κ1) is 25.4. The van der Waals surface area contributed by atoms with Gasteiger partial charge in [-0.1, -0.05) is 20.4 Å². The van der Waals surface area contributed by atoms with Gasteiger partial charge < -0.3 is 25.5 Å². The molecule has 2 fully saturated rings. The molecule has 1 aromatic heterocycles. The number of fused-ring (bicyclic) bond motifs is 1. The first-order valence-corrected chi connectivity index (χ1v) is 12.9. The van der Waals surface area contributed by atoms with Crippen LogP contribution < -0.4 is 15.5 Å². The van der Waals surface area contributed by atoms with Crippen LogP contribution in [0.4, 0.5) is 11.8 Å². The van der Waals surface area contributed by atoms with Crippen molar-refractivity contribution in [3.8, 4) is 0 Å². The lowest BCUT2D eigenvalue weighted by Crippen LogP contribution is -2.59. The highest BCUT2D eigenvalue weighted by molar-refractivity contribution is 5.87. The molecular weight excluding hydrogens is 444 g/mol. The summed E-state index contributed by atoms with van der Waals surface area (Å²) in [7, 11) is 1.67. The Morgan fingerprint density at radius 2 is 1.97 bits per heavy atom. The van der Waals surface area contributed by atoms with Crippen LogP contribution in [-0.2, 0) is 22.4 Å². The van der Waals surface area contributed by atoms with E-state index in [2.05, 4.69) is 36.0 Å². The maximum absolute atomic E-state index is 12.2. The minimum atomic E-state index is -0.0807. The highest BCUT2D eigenvalue weighted by Crippen LogP contribution is 2.44. The lowest BCUT2D eigenvalue weighted by atomic mass is 9.78. The van der Waals surface area contributed by atoms with E-state index in [0.29, 0.717) is 37.9 Å². The lowest BCUT2D eigenvalue weighted by Gasteiger charge is -2.47. The van der Waals surface area contributed by atoms with Gasteiger partial charge in [0.15, 0.2) is 0 Å². The summed E-state index contributed by atoms with van der Waals surface area (Å²) in [6.45, 7) is 9.99. The molecule has 0 saturated carbocycles. The number of nitrogens with zero attached hydrogens (tertiary/aromatic N) is 4. The van der Waals surface area contributed by atoms with Crippen molar-refractivity contribution in [2.45, 2.75) is 70.9 Å². The molecule has 3 aliphatic rings. The molecular formula is C26H40N6O3. The fourth-order valence-electron chi connectivity index (χ4n) is 5.95. The molecule has 1 spiro atoms. The monoisotopic (exact) mass is 484 g/mol. The molecule has 0 bridgehead atoms. The van der Waals surface area contributed by atoms with Crippen LogP contribution >= 0.6 is 0 Å². The van der Waals surface area contributed by atoms with Crippen molar-refractivity contribution in [2.24, 2.45) is 11.3 Å². The number of aryl methyl sites for hydroxylation is 1. The molecule has 35 heavy (non-hydrogen) atoms. The van der Waals surface area contributed by atoms with Crippen LogP contribution in [0.5, 0.6) is 0 Å². The van der Waals surface area contributed by atoms with Crippen molar-refractivity contribution < 1.29 is 14.7 Å². The smallest absolute Gasteiger partial charge is 0.245 e. The predicted octanol–water partition coefficient (Wildman–Crippen LogP) is 1.90. The number of likely N-dealkylation sites (tertiary alicyclic amines) is 1. The van der Waals surface area contributed by atoms with E-state index in [0.717, 1.165) is 55.6 Å². The highest BCUT2D eigenvalue weighted by atomic mass is 16.3. The summed E-state index contributed by atoms with van der Waals surface area (Å²) in [4.78, 5) is 38.1. The fraction of sp³-hybridized carbons (Fsp3) is 0.692. The van der Waals surface area contributed by atoms with E-state index in [-0.39, 0.29) is 35.9 Å². The molecule has 3 heterocycles. The van der Waals surface area contributed by atoms with E-state index < -0.39 is 0 Å². The molecule has 2 atom stereocenters. The summed E-state index contributed by atoms with van der Waals surface area (Å²) >= 11 is 0.